The van der Waals surface area contributed by atoms with Crippen molar-refractivity contribution >= 4 is 17.6 Å². The average Bonchev–Trinajstić information content (AvgIpc) is 2.26. The van der Waals surface area contributed by atoms with E-state index in [0.717, 1.165) is 5.56 Å². The molecule has 0 saturated heterocycles. The van der Waals surface area contributed by atoms with Crippen LogP contribution in [0.5, 0.6) is 5.75 Å². The summed E-state index contributed by atoms with van der Waals surface area (Å²) in [5.74, 6) is -0.0875. The number of hydrogen-bond acceptors (Lipinski definition) is 2. The average molecular weight is 257 g/mol. The maximum Gasteiger partial charge on any atom is 0.303 e. The van der Waals surface area contributed by atoms with E-state index in [0.29, 0.717) is 17.2 Å². The first-order chi connectivity index (χ1) is 7.86. The highest BCUT2D eigenvalue weighted by atomic mass is 35.5. The van der Waals surface area contributed by atoms with Crippen LogP contribution in [-0.2, 0) is 10.2 Å². The van der Waals surface area contributed by atoms with Crippen molar-refractivity contribution in [1.82, 2.24) is 0 Å². The van der Waals surface area contributed by atoms with E-state index in [9.17, 15) is 4.79 Å². The number of rotatable bonds is 5. The van der Waals surface area contributed by atoms with Crippen molar-refractivity contribution in [1.29, 1.82) is 0 Å². The maximum atomic E-state index is 10.6. The number of hydrogen-bond donors (Lipinski definition) is 1. The van der Waals surface area contributed by atoms with Gasteiger partial charge in [-0.3, -0.25) is 4.79 Å². The fraction of sp³-hybridized carbons (Fsp3) is 0.462. The minimum atomic E-state index is -0.789. The fourth-order valence-electron chi connectivity index (χ4n) is 1.73. The Morgan fingerprint density at radius 3 is 2.59 bits per heavy atom. The van der Waals surface area contributed by atoms with Crippen LogP contribution in [0.3, 0.4) is 0 Å². The highest BCUT2D eigenvalue weighted by Crippen LogP contribution is 2.35. The molecule has 0 aliphatic heterocycles. The summed E-state index contributed by atoms with van der Waals surface area (Å²) in [7, 11) is 1.58. The Labute approximate surface area is 106 Å². The molecule has 94 valence electrons. The largest absolute Gasteiger partial charge is 0.497 e. The van der Waals surface area contributed by atoms with Crippen molar-refractivity contribution in [2.75, 3.05) is 7.11 Å². The minimum absolute atomic E-state index is 0.134. The van der Waals surface area contributed by atoms with Crippen molar-refractivity contribution < 1.29 is 14.6 Å². The van der Waals surface area contributed by atoms with Gasteiger partial charge in [0.15, 0.2) is 0 Å². The van der Waals surface area contributed by atoms with E-state index in [2.05, 4.69) is 0 Å². The second-order valence-electron chi connectivity index (χ2n) is 4.62. The van der Waals surface area contributed by atoms with E-state index < -0.39 is 5.97 Å². The van der Waals surface area contributed by atoms with Gasteiger partial charge in [0.1, 0.15) is 5.75 Å². The highest BCUT2D eigenvalue weighted by molar-refractivity contribution is 6.31. The van der Waals surface area contributed by atoms with E-state index in [1.165, 1.54) is 0 Å². The van der Waals surface area contributed by atoms with Crippen LogP contribution in [0.4, 0.5) is 0 Å². The minimum Gasteiger partial charge on any atom is -0.497 e. The summed E-state index contributed by atoms with van der Waals surface area (Å²) in [6, 6.07) is 5.48. The molecule has 0 unspecified atom stereocenters. The van der Waals surface area contributed by atoms with E-state index in [1.54, 1.807) is 13.2 Å². The topological polar surface area (TPSA) is 46.5 Å². The molecule has 0 heterocycles. The molecule has 0 saturated carbocycles. The molecule has 0 aliphatic carbocycles. The molecule has 1 rings (SSSR count). The third-order valence-electron chi connectivity index (χ3n) is 2.87. The van der Waals surface area contributed by atoms with Gasteiger partial charge in [-0.2, -0.15) is 0 Å². The Hall–Kier alpha value is -1.22. The lowest BCUT2D eigenvalue weighted by molar-refractivity contribution is -0.137. The Balaban J connectivity index is 2.94. The number of benzene rings is 1. The summed E-state index contributed by atoms with van der Waals surface area (Å²) < 4.78 is 5.08. The first kappa shape index (κ1) is 13.8. The SMILES string of the molecule is COc1ccc(C(C)(C)CCC(=O)O)c(Cl)c1. The number of halogens is 1. The summed E-state index contributed by atoms with van der Waals surface area (Å²) in [4.78, 5) is 10.6. The van der Waals surface area contributed by atoms with Gasteiger partial charge in [0, 0.05) is 11.4 Å². The monoisotopic (exact) mass is 256 g/mol. The predicted octanol–water partition coefficient (Wildman–Crippen LogP) is 3.49. The quantitative estimate of drug-likeness (QED) is 0.877. The fourth-order valence-corrected chi connectivity index (χ4v) is 2.15. The standard InChI is InChI=1S/C13H17ClO3/c1-13(2,7-6-12(15)16)10-5-4-9(17-3)8-11(10)14/h4-5,8H,6-7H2,1-3H3,(H,15,16). The molecule has 17 heavy (non-hydrogen) atoms. The Kier molecular flexibility index (Phi) is 4.40. The Morgan fingerprint density at radius 1 is 1.47 bits per heavy atom. The van der Waals surface area contributed by atoms with Crippen LogP contribution in [0.1, 0.15) is 32.3 Å². The van der Waals surface area contributed by atoms with Crippen LogP contribution in [-0.4, -0.2) is 18.2 Å². The van der Waals surface area contributed by atoms with Crippen LogP contribution in [0.15, 0.2) is 18.2 Å². The summed E-state index contributed by atoms with van der Waals surface area (Å²) in [5.41, 5.74) is 0.683. The van der Waals surface area contributed by atoms with Gasteiger partial charge in [-0.15, -0.1) is 0 Å². The lowest BCUT2D eigenvalue weighted by Crippen LogP contribution is -2.19. The van der Waals surface area contributed by atoms with Crippen molar-refractivity contribution in [3.63, 3.8) is 0 Å². The summed E-state index contributed by atoms with van der Waals surface area (Å²) in [5, 5.41) is 9.33. The molecule has 0 aromatic heterocycles. The number of aliphatic carboxylic acids is 1. The molecule has 4 heteroatoms. The summed E-state index contributed by atoms with van der Waals surface area (Å²) in [6.07, 6.45) is 0.684. The van der Waals surface area contributed by atoms with E-state index in [-0.39, 0.29) is 11.8 Å². The third kappa shape index (κ3) is 3.63. The molecule has 1 aromatic carbocycles. The van der Waals surface area contributed by atoms with Crippen molar-refractivity contribution in [2.45, 2.75) is 32.1 Å². The highest BCUT2D eigenvalue weighted by Gasteiger charge is 2.24. The summed E-state index contributed by atoms with van der Waals surface area (Å²) in [6.45, 7) is 3.98. The molecule has 0 radical (unpaired) electrons. The first-order valence-corrected chi connectivity index (χ1v) is 5.80. The van der Waals surface area contributed by atoms with Gasteiger partial charge in [-0.25, -0.2) is 0 Å². The van der Waals surface area contributed by atoms with Gasteiger partial charge < -0.3 is 9.84 Å². The van der Waals surface area contributed by atoms with Crippen LogP contribution in [0, 0.1) is 0 Å². The summed E-state index contributed by atoms with van der Waals surface area (Å²) >= 11 is 6.18. The zero-order valence-corrected chi connectivity index (χ0v) is 11.0. The maximum absolute atomic E-state index is 10.6. The molecule has 0 spiro atoms. The normalized spacial score (nSPS) is 11.3. The van der Waals surface area contributed by atoms with Gasteiger partial charge in [0.05, 0.1) is 7.11 Å². The van der Waals surface area contributed by atoms with Crippen LogP contribution < -0.4 is 4.74 Å². The molecule has 1 aromatic rings. The van der Waals surface area contributed by atoms with Gasteiger partial charge in [0.2, 0.25) is 0 Å². The third-order valence-corrected chi connectivity index (χ3v) is 3.18. The number of carboxylic acids is 1. The van der Waals surface area contributed by atoms with Gasteiger partial charge in [-0.05, 0) is 29.5 Å². The predicted molar refractivity (Wildman–Crippen MR) is 67.9 cm³/mol. The second kappa shape index (κ2) is 5.41. The Bertz CT molecular complexity index is 413. The van der Waals surface area contributed by atoms with E-state index in [1.807, 2.05) is 26.0 Å². The first-order valence-electron chi connectivity index (χ1n) is 5.42. The lowest BCUT2D eigenvalue weighted by atomic mass is 9.80. The molecule has 0 bridgehead atoms. The number of methoxy groups -OCH3 is 1. The van der Waals surface area contributed by atoms with Gasteiger partial charge >= 0.3 is 5.97 Å². The lowest BCUT2D eigenvalue weighted by Gasteiger charge is -2.26. The molecule has 0 aliphatic rings. The van der Waals surface area contributed by atoms with E-state index >= 15 is 0 Å². The van der Waals surface area contributed by atoms with Crippen LogP contribution in [0.25, 0.3) is 0 Å². The molecule has 0 amide bonds. The van der Waals surface area contributed by atoms with Crippen LogP contribution in [0.2, 0.25) is 5.02 Å². The zero-order valence-electron chi connectivity index (χ0n) is 10.3. The van der Waals surface area contributed by atoms with Crippen LogP contribution >= 0.6 is 11.6 Å². The van der Waals surface area contributed by atoms with Gasteiger partial charge in [-0.1, -0.05) is 31.5 Å². The number of carbonyl (C=O) groups is 1. The molecular formula is C13H17ClO3. The van der Waals surface area contributed by atoms with Gasteiger partial charge in [0.25, 0.3) is 0 Å². The number of ether oxygens (including phenoxy) is 1. The molecule has 0 fully saturated rings. The number of carboxylic acid groups (broad SMARTS) is 1. The zero-order chi connectivity index (χ0) is 13.1. The van der Waals surface area contributed by atoms with Crippen molar-refractivity contribution in [3.8, 4) is 5.75 Å². The van der Waals surface area contributed by atoms with Crippen molar-refractivity contribution in [2.24, 2.45) is 0 Å². The van der Waals surface area contributed by atoms with Crippen molar-refractivity contribution in [3.05, 3.63) is 28.8 Å². The Morgan fingerprint density at radius 2 is 2.12 bits per heavy atom. The smallest absolute Gasteiger partial charge is 0.303 e. The second-order valence-corrected chi connectivity index (χ2v) is 5.03. The molecular weight excluding hydrogens is 240 g/mol. The van der Waals surface area contributed by atoms with E-state index in [4.69, 9.17) is 21.4 Å². The molecule has 0 atom stereocenters. The molecule has 3 nitrogen and oxygen atoms in total. The molecule has 1 N–H and O–H groups in total.